The van der Waals surface area contributed by atoms with Crippen LogP contribution >= 0.6 is 11.5 Å². The summed E-state index contributed by atoms with van der Waals surface area (Å²) < 4.78 is 4.23. The Kier molecular flexibility index (Phi) is 2.12. The molecule has 0 amide bonds. The lowest BCUT2D eigenvalue weighted by molar-refractivity contribution is 0.494. The van der Waals surface area contributed by atoms with Gasteiger partial charge in [-0.2, -0.15) is 4.37 Å². The average Bonchev–Trinajstić information content (AvgIpc) is 2.82. The van der Waals surface area contributed by atoms with Crippen molar-refractivity contribution >= 4 is 22.4 Å². The highest BCUT2D eigenvalue weighted by Crippen LogP contribution is 2.42. The Hall–Kier alpha value is -0.770. The summed E-state index contributed by atoms with van der Waals surface area (Å²) in [6.45, 7) is 4.54. The zero-order valence-corrected chi connectivity index (χ0v) is 9.89. The summed E-state index contributed by atoms with van der Waals surface area (Å²) in [4.78, 5) is 2.50. The van der Waals surface area contributed by atoms with Crippen molar-refractivity contribution in [2.45, 2.75) is 26.2 Å². The maximum absolute atomic E-state index is 5.80. The predicted molar refractivity (Wildman–Crippen MR) is 64.3 cm³/mol. The number of nitrogen functional groups attached to an aromatic ring is 1. The molecule has 15 heavy (non-hydrogen) atoms. The van der Waals surface area contributed by atoms with Crippen molar-refractivity contribution in [1.29, 1.82) is 0 Å². The molecule has 3 nitrogen and oxygen atoms in total. The van der Waals surface area contributed by atoms with Crippen LogP contribution in [0.4, 0.5) is 10.8 Å². The molecule has 3 rings (SSSR count). The highest BCUT2D eigenvalue weighted by atomic mass is 32.1. The molecular formula is C11H17N3S. The molecule has 2 aliphatic rings. The maximum Gasteiger partial charge on any atom is 0.142 e. The van der Waals surface area contributed by atoms with Gasteiger partial charge in [0, 0.05) is 18.7 Å². The molecule has 1 aliphatic heterocycles. The maximum atomic E-state index is 5.80. The molecule has 1 saturated heterocycles. The molecule has 0 bridgehead atoms. The Morgan fingerprint density at radius 1 is 1.33 bits per heavy atom. The fourth-order valence-electron chi connectivity index (χ4n) is 3.03. The fourth-order valence-corrected chi connectivity index (χ4v) is 3.86. The van der Waals surface area contributed by atoms with Crippen molar-refractivity contribution in [2.24, 2.45) is 11.8 Å². The van der Waals surface area contributed by atoms with E-state index < -0.39 is 0 Å². The highest BCUT2D eigenvalue weighted by Gasteiger charge is 2.37. The second-order valence-corrected chi connectivity index (χ2v) is 5.61. The molecule has 2 atom stereocenters. The quantitative estimate of drug-likeness (QED) is 0.794. The Morgan fingerprint density at radius 2 is 2.00 bits per heavy atom. The highest BCUT2D eigenvalue weighted by molar-refractivity contribution is 7.10. The monoisotopic (exact) mass is 223 g/mol. The fraction of sp³-hybridized carbons (Fsp3) is 0.727. The summed E-state index contributed by atoms with van der Waals surface area (Å²) in [5, 5.41) is 1.31. The number of anilines is 2. The van der Waals surface area contributed by atoms with Crippen LogP contribution in [0.3, 0.4) is 0 Å². The van der Waals surface area contributed by atoms with Crippen LogP contribution in [-0.2, 0) is 0 Å². The molecule has 0 spiro atoms. The minimum Gasteiger partial charge on any atom is -0.383 e. The van der Waals surface area contributed by atoms with Crippen molar-refractivity contribution < 1.29 is 0 Å². The van der Waals surface area contributed by atoms with Gasteiger partial charge in [0.15, 0.2) is 0 Å². The summed E-state index contributed by atoms with van der Waals surface area (Å²) in [6.07, 6.45) is 4.29. The summed E-state index contributed by atoms with van der Waals surface area (Å²) in [7, 11) is 0. The lowest BCUT2D eigenvalue weighted by Crippen LogP contribution is -2.20. The average molecular weight is 223 g/mol. The van der Waals surface area contributed by atoms with Crippen LogP contribution in [0.1, 0.15) is 24.8 Å². The number of nitrogens with zero attached hydrogens (tertiary/aromatic N) is 2. The van der Waals surface area contributed by atoms with Crippen molar-refractivity contribution in [2.75, 3.05) is 23.7 Å². The number of fused-ring (bicyclic) bond motifs is 1. The SMILES string of the molecule is Cc1c(N)nsc1N1CC2CCCC2C1. The first-order valence-electron chi connectivity index (χ1n) is 5.72. The van der Waals surface area contributed by atoms with Crippen LogP contribution in [0.2, 0.25) is 0 Å². The standard InChI is InChI=1S/C11H17N3S/c1-7-10(12)13-15-11(7)14-5-8-3-2-4-9(8)6-14/h8-9H,2-6H2,1H3,(H2,12,13). The Morgan fingerprint density at radius 3 is 2.53 bits per heavy atom. The molecule has 2 heterocycles. The van der Waals surface area contributed by atoms with E-state index in [9.17, 15) is 0 Å². The molecule has 1 aromatic heterocycles. The molecule has 2 N–H and O–H groups in total. The van der Waals surface area contributed by atoms with Gasteiger partial charge in [0.25, 0.3) is 0 Å². The van der Waals surface area contributed by atoms with Gasteiger partial charge in [-0.1, -0.05) is 6.42 Å². The molecule has 2 unspecified atom stereocenters. The summed E-state index contributed by atoms with van der Waals surface area (Å²) in [6, 6.07) is 0. The van der Waals surface area contributed by atoms with Gasteiger partial charge in [-0.3, -0.25) is 0 Å². The van der Waals surface area contributed by atoms with E-state index in [0.717, 1.165) is 11.8 Å². The third kappa shape index (κ3) is 1.42. The minimum atomic E-state index is 0.715. The van der Waals surface area contributed by atoms with Crippen molar-refractivity contribution in [3.63, 3.8) is 0 Å². The Labute approximate surface area is 94.4 Å². The van der Waals surface area contributed by atoms with Crippen molar-refractivity contribution in [1.82, 2.24) is 4.37 Å². The van der Waals surface area contributed by atoms with Crippen LogP contribution in [0, 0.1) is 18.8 Å². The van der Waals surface area contributed by atoms with Crippen molar-refractivity contribution in [3.05, 3.63) is 5.56 Å². The lowest BCUT2D eigenvalue weighted by atomic mass is 10.0. The topological polar surface area (TPSA) is 42.1 Å². The van der Waals surface area contributed by atoms with E-state index in [2.05, 4.69) is 16.2 Å². The van der Waals surface area contributed by atoms with E-state index in [4.69, 9.17) is 5.73 Å². The number of rotatable bonds is 1. The number of hydrogen-bond donors (Lipinski definition) is 1. The molecule has 4 heteroatoms. The lowest BCUT2D eigenvalue weighted by Gasteiger charge is -2.17. The minimum absolute atomic E-state index is 0.715. The molecule has 1 aromatic rings. The smallest absolute Gasteiger partial charge is 0.142 e. The van der Waals surface area contributed by atoms with E-state index in [-0.39, 0.29) is 0 Å². The largest absolute Gasteiger partial charge is 0.383 e. The second-order valence-electron chi connectivity index (χ2n) is 4.85. The summed E-state index contributed by atoms with van der Waals surface area (Å²) >= 11 is 1.56. The van der Waals surface area contributed by atoms with Crippen LogP contribution in [0.25, 0.3) is 0 Å². The third-order valence-electron chi connectivity index (χ3n) is 3.95. The molecule has 0 radical (unpaired) electrons. The van der Waals surface area contributed by atoms with E-state index >= 15 is 0 Å². The first kappa shape index (κ1) is 9.46. The van der Waals surface area contributed by atoms with Gasteiger partial charge in [0.05, 0.1) is 0 Å². The van der Waals surface area contributed by atoms with E-state index in [0.29, 0.717) is 5.82 Å². The van der Waals surface area contributed by atoms with Gasteiger partial charge in [0.2, 0.25) is 0 Å². The van der Waals surface area contributed by atoms with Gasteiger partial charge in [0.1, 0.15) is 10.8 Å². The van der Waals surface area contributed by atoms with E-state index in [1.807, 2.05) is 0 Å². The second kappa shape index (κ2) is 3.37. The van der Waals surface area contributed by atoms with Gasteiger partial charge in [-0.25, -0.2) is 0 Å². The van der Waals surface area contributed by atoms with Crippen molar-refractivity contribution in [3.8, 4) is 0 Å². The summed E-state index contributed by atoms with van der Waals surface area (Å²) in [5.74, 6) is 2.59. The number of aromatic nitrogens is 1. The Balaban J connectivity index is 1.82. The predicted octanol–water partition coefficient (Wildman–Crippen LogP) is 2.27. The van der Waals surface area contributed by atoms with E-state index in [1.54, 1.807) is 11.5 Å². The van der Waals surface area contributed by atoms with Gasteiger partial charge < -0.3 is 10.6 Å². The van der Waals surface area contributed by atoms with Crippen LogP contribution in [-0.4, -0.2) is 17.5 Å². The number of nitrogens with two attached hydrogens (primary N) is 1. The first-order valence-corrected chi connectivity index (χ1v) is 6.49. The normalized spacial score (nSPS) is 29.8. The van der Waals surface area contributed by atoms with Crippen LogP contribution < -0.4 is 10.6 Å². The molecule has 1 saturated carbocycles. The molecular weight excluding hydrogens is 206 g/mol. The zero-order valence-electron chi connectivity index (χ0n) is 9.07. The van der Waals surface area contributed by atoms with Gasteiger partial charge >= 0.3 is 0 Å². The molecule has 82 valence electrons. The molecule has 1 aliphatic carbocycles. The molecule has 0 aromatic carbocycles. The van der Waals surface area contributed by atoms with Gasteiger partial charge in [-0.05, 0) is 43.1 Å². The van der Waals surface area contributed by atoms with E-state index in [1.165, 1.54) is 42.9 Å². The van der Waals surface area contributed by atoms with Crippen LogP contribution in [0.5, 0.6) is 0 Å². The summed E-state index contributed by atoms with van der Waals surface area (Å²) in [5.41, 5.74) is 6.98. The third-order valence-corrected chi connectivity index (χ3v) is 4.97. The molecule has 2 fully saturated rings. The van der Waals surface area contributed by atoms with Gasteiger partial charge in [-0.15, -0.1) is 0 Å². The zero-order chi connectivity index (χ0) is 10.4. The van der Waals surface area contributed by atoms with Crippen LogP contribution in [0.15, 0.2) is 0 Å². The first-order chi connectivity index (χ1) is 7.25. The number of hydrogen-bond acceptors (Lipinski definition) is 4. The Bertz CT molecular complexity index is 362.